The lowest BCUT2D eigenvalue weighted by molar-refractivity contribution is -0.131. The number of piperidine rings is 1. The summed E-state index contributed by atoms with van der Waals surface area (Å²) in [5, 5.41) is 8.37. The van der Waals surface area contributed by atoms with E-state index in [1.165, 1.54) is 20.7 Å². The van der Waals surface area contributed by atoms with E-state index in [9.17, 15) is 13.2 Å². The van der Waals surface area contributed by atoms with E-state index in [0.717, 1.165) is 25.9 Å². The molecule has 1 saturated heterocycles. The van der Waals surface area contributed by atoms with Crippen LogP contribution in [0.5, 0.6) is 0 Å². The molecule has 1 aromatic carbocycles. The molecular formula is C21H32N6O3S2. The Kier molecular flexibility index (Phi) is 7.84. The van der Waals surface area contributed by atoms with Gasteiger partial charge in [-0.25, -0.2) is 13.1 Å². The Labute approximate surface area is 194 Å². The third kappa shape index (κ3) is 5.10. The minimum Gasteiger partial charge on any atom is -0.342 e. The van der Waals surface area contributed by atoms with Gasteiger partial charge in [-0.3, -0.25) is 4.79 Å². The second-order valence-corrected chi connectivity index (χ2v) is 11.3. The molecular weight excluding hydrogens is 448 g/mol. The van der Waals surface area contributed by atoms with Gasteiger partial charge in [-0.2, -0.15) is 4.31 Å². The molecule has 32 heavy (non-hydrogen) atoms. The van der Waals surface area contributed by atoms with Crippen molar-refractivity contribution in [3.8, 4) is 11.4 Å². The van der Waals surface area contributed by atoms with Gasteiger partial charge >= 0.3 is 0 Å². The Hall–Kier alpha value is -2.11. The highest BCUT2D eigenvalue weighted by Crippen LogP contribution is 2.28. The molecule has 1 aliphatic heterocycles. The van der Waals surface area contributed by atoms with E-state index in [1.54, 1.807) is 38.1 Å². The number of hydrogen-bond donors (Lipinski definition) is 1. The second kappa shape index (κ2) is 10.2. The minimum atomic E-state index is -3.60. The average molecular weight is 481 g/mol. The summed E-state index contributed by atoms with van der Waals surface area (Å²) < 4.78 is 28.4. The number of rotatable bonds is 8. The Bertz CT molecular complexity index is 1040. The first-order chi connectivity index (χ1) is 15.2. The van der Waals surface area contributed by atoms with E-state index in [1.807, 2.05) is 11.8 Å². The number of carbonyl (C=O) groups excluding carboxylic acids is 1. The third-order valence-electron chi connectivity index (χ3n) is 5.83. The Morgan fingerprint density at radius 2 is 1.91 bits per heavy atom. The first kappa shape index (κ1) is 24.5. The van der Waals surface area contributed by atoms with Gasteiger partial charge in [-0.1, -0.05) is 44.7 Å². The maximum Gasteiger partial charge on any atom is 0.243 e. The summed E-state index contributed by atoms with van der Waals surface area (Å²) in [5.74, 6) is 7.30. The molecule has 1 aliphatic rings. The average Bonchev–Trinajstić information content (AvgIpc) is 3.14. The first-order valence-corrected chi connectivity index (χ1v) is 13.3. The number of nitrogens with two attached hydrogens (primary N) is 1. The lowest BCUT2D eigenvalue weighted by Gasteiger charge is -2.31. The maximum atomic E-state index is 12.9. The van der Waals surface area contributed by atoms with Crippen LogP contribution in [0.25, 0.3) is 11.4 Å². The zero-order valence-electron chi connectivity index (χ0n) is 19.1. The molecule has 0 bridgehead atoms. The molecule has 1 unspecified atom stereocenters. The summed E-state index contributed by atoms with van der Waals surface area (Å²) in [7, 11) is -3.60. The first-order valence-electron chi connectivity index (χ1n) is 11.0. The molecule has 2 heterocycles. The molecule has 0 radical (unpaired) electrons. The van der Waals surface area contributed by atoms with Crippen molar-refractivity contribution < 1.29 is 13.2 Å². The fourth-order valence-electron chi connectivity index (χ4n) is 3.76. The van der Waals surface area contributed by atoms with Gasteiger partial charge in [0.25, 0.3) is 0 Å². The molecule has 0 saturated carbocycles. The number of carbonyl (C=O) groups is 1. The third-order valence-corrected chi connectivity index (χ3v) is 8.92. The topological polar surface area (TPSA) is 114 Å². The number of hydrogen-bond acceptors (Lipinski definition) is 7. The van der Waals surface area contributed by atoms with Crippen LogP contribution in [0.4, 0.5) is 0 Å². The van der Waals surface area contributed by atoms with Crippen molar-refractivity contribution in [1.82, 2.24) is 24.1 Å². The van der Waals surface area contributed by atoms with Crippen molar-refractivity contribution in [3.05, 3.63) is 24.3 Å². The monoisotopic (exact) mass is 480 g/mol. The van der Waals surface area contributed by atoms with Crippen molar-refractivity contribution in [2.75, 3.05) is 32.0 Å². The molecule has 1 atom stereocenters. The molecule has 1 amide bonds. The molecule has 9 nitrogen and oxygen atoms in total. The van der Waals surface area contributed by atoms with Gasteiger partial charge in [0, 0.05) is 31.7 Å². The highest BCUT2D eigenvalue weighted by molar-refractivity contribution is 8.00. The number of nitrogen functional groups attached to an aromatic ring is 1. The summed E-state index contributed by atoms with van der Waals surface area (Å²) in [6, 6.07) is 6.52. The highest BCUT2D eigenvalue weighted by atomic mass is 32.2. The Morgan fingerprint density at radius 3 is 2.53 bits per heavy atom. The zero-order valence-corrected chi connectivity index (χ0v) is 20.7. The number of benzene rings is 1. The molecule has 0 spiro atoms. The fraction of sp³-hybridized carbons (Fsp3) is 0.571. The van der Waals surface area contributed by atoms with Gasteiger partial charge in [-0.05, 0) is 37.8 Å². The minimum absolute atomic E-state index is 0.0683. The summed E-state index contributed by atoms with van der Waals surface area (Å²) in [4.78, 5) is 14.9. The lowest BCUT2D eigenvalue weighted by atomic mass is 9.99. The smallest absolute Gasteiger partial charge is 0.243 e. The van der Waals surface area contributed by atoms with Crippen LogP contribution in [0.2, 0.25) is 0 Å². The SMILES string of the molecule is CCN(CC)S(=O)(=O)c1cccc(-c2nnc(SC(C)C(=O)N3CCC(C)CC3)n2N)c1. The molecule has 3 rings (SSSR count). The van der Waals surface area contributed by atoms with E-state index >= 15 is 0 Å². The van der Waals surface area contributed by atoms with Crippen LogP contribution in [0.3, 0.4) is 0 Å². The standard InChI is InChI=1S/C21H32N6O3S2/c1-5-26(6-2)32(29,30)18-9-7-8-17(14-18)19-23-24-21(27(19)22)31-16(4)20(28)25-12-10-15(3)11-13-25/h7-9,14-16H,5-6,10-13,22H2,1-4H3. The van der Waals surface area contributed by atoms with E-state index in [0.29, 0.717) is 35.6 Å². The van der Waals surface area contributed by atoms with Crippen LogP contribution in [-0.2, 0) is 14.8 Å². The number of sulfonamides is 1. The number of aromatic nitrogens is 3. The quantitative estimate of drug-likeness (QED) is 0.456. The predicted molar refractivity (Wildman–Crippen MR) is 126 cm³/mol. The molecule has 1 aromatic heterocycles. The summed E-state index contributed by atoms with van der Waals surface area (Å²) >= 11 is 1.26. The molecule has 2 aromatic rings. The molecule has 176 valence electrons. The normalized spacial score (nSPS) is 16.5. The predicted octanol–water partition coefficient (Wildman–Crippen LogP) is 2.43. The summed E-state index contributed by atoms with van der Waals surface area (Å²) in [6.45, 7) is 9.99. The largest absolute Gasteiger partial charge is 0.342 e. The second-order valence-electron chi connectivity index (χ2n) is 8.06. The van der Waals surface area contributed by atoms with Crippen molar-refractivity contribution in [2.45, 2.75) is 55.8 Å². The highest BCUT2D eigenvalue weighted by Gasteiger charge is 2.27. The Morgan fingerprint density at radius 1 is 1.25 bits per heavy atom. The van der Waals surface area contributed by atoms with Crippen molar-refractivity contribution >= 4 is 27.7 Å². The van der Waals surface area contributed by atoms with Gasteiger partial charge in [0.2, 0.25) is 21.1 Å². The summed E-state index contributed by atoms with van der Waals surface area (Å²) in [6.07, 6.45) is 2.04. The van der Waals surface area contributed by atoms with Crippen LogP contribution in [0.15, 0.2) is 34.3 Å². The van der Waals surface area contributed by atoms with E-state index in [2.05, 4.69) is 17.1 Å². The molecule has 11 heteroatoms. The van der Waals surface area contributed by atoms with Crippen LogP contribution in [0, 0.1) is 5.92 Å². The van der Waals surface area contributed by atoms with Gasteiger partial charge in [0.05, 0.1) is 10.1 Å². The van der Waals surface area contributed by atoms with Crippen molar-refractivity contribution in [2.24, 2.45) is 5.92 Å². The van der Waals surface area contributed by atoms with Gasteiger partial charge in [-0.15, -0.1) is 10.2 Å². The van der Waals surface area contributed by atoms with Crippen molar-refractivity contribution in [1.29, 1.82) is 0 Å². The van der Waals surface area contributed by atoms with E-state index in [-0.39, 0.29) is 16.1 Å². The number of nitrogens with zero attached hydrogens (tertiary/aromatic N) is 5. The van der Waals surface area contributed by atoms with Crippen LogP contribution in [-0.4, -0.2) is 69.8 Å². The Balaban J connectivity index is 1.78. The molecule has 1 fully saturated rings. The van der Waals surface area contributed by atoms with Gasteiger partial charge in [0.1, 0.15) is 0 Å². The number of thioether (sulfide) groups is 1. The lowest BCUT2D eigenvalue weighted by Crippen LogP contribution is -2.41. The van der Waals surface area contributed by atoms with E-state index in [4.69, 9.17) is 5.84 Å². The number of likely N-dealkylation sites (tertiary alicyclic amines) is 1. The zero-order chi connectivity index (χ0) is 23.5. The van der Waals surface area contributed by atoms with Crippen LogP contribution < -0.4 is 5.84 Å². The molecule has 0 aliphatic carbocycles. The van der Waals surface area contributed by atoms with Crippen LogP contribution in [0.1, 0.15) is 40.5 Å². The fourth-order valence-corrected chi connectivity index (χ4v) is 6.12. The van der Waals surface area contributed by atoms with Crippen LogP contribution >= 0.6 is 11.8 Å². The molecule has 2 N–H and O–H groups in total. The number of amides is 1. The van der Waals surface area contributed by atoms with Crippen molar-refractivity contribution in [3.63, 3.8) is 0 Å². The van der Waals surface area contributed by atoms with Gasteiger partial charge < -0.3 is 10.7 Å². The van der Waals surface area contributed by atoms with E-state index < -0.39 is 10.0 Å². The van der Waals surface area contributed by atoms with Gasteiger partial charge in [0.15, 0.2) is 5.82 Å². The summed E-state index contributed by atoms with van der Waals surface area (Å²) in [5.41, 5.74) is 0.545. The maximum absolute atomic E-state index is 12.9.